The molecule has 0 saturated carbocycles. The van der Waals surface area contributed by atoms with Crippen molar-refractivity contribution < 1.29 is 4.74 Å². The molecule has 12 heavy (non-hydrogen) atoms. The molecule has 0 fully saturated rings. The van der Waals surface area contributed by atoms with E-state index in [0.717, 1.165) is 19.0 Å². The monoisotopic (exact) mass is 173 g/mol. The van der Waals surface area contributed by atoms with Crippen LogP contribution in [-0.2, 0) is 4.74 Å². The van der Waals surface area contributed by atoms with Gasteiger partial charge in [-0.2, -0.15) is 0 Å². The standard InChI is InChI=1S/C10H23NO/c1-8(2)6-11-7-10(12-5)9(3)4/h8-11H,6-7H2,1-5H3. The van der Waals surface area contributed by atoms with Gasteiger partial charge in [-0.3, -0.25) is 0 Å². The highest BCUT2D eigenvalue weighted by molar-refractivity contribution is 4.65. The molecule has 0 spiro atoms. The summed E-state index contributed by atoms with van der Waals surface area (Å²) in [6.45, 7) is 10.8. The molecule has 0 saturated heterocycles. The summed E-state index contributed by atoms with van der Waals surface area (Å²) in [5.41, 5.74) is 0. The fourth-order valence-electron chi connectivity index (χ4n) is 1.11. The minimum absolute atomic E-state index is 0.351. The third-order valence-corrected chi connectivity index (χ3v) is 1.94. The first kappa shape index (κ1) is 11.9. The van der Waals surface area contributed by atoms with Gasteiger partial charge in [0.05, 0.1) is 6.10 Å². The third kappa shape index (κ3) is 5.56. The minimum Gasteiger partial charge on any atom is -0.380 e. The van der Waals surface area contributed by atoms with Crippen LogP contribution in [-0.4, -0.2) is 26.3 Å². The van der Waals surface area contributed by atoms with Gasteiger partial charge < -0.3 is 10.1 Å². The van der Waals surface area contributed by atoms with Crippen LogP contribution in [0.2, 0.25) is 0 Å². The summed E-state index contributed by atoms with van der Waals surface area (Å²) >= 11 is 0. The Kier molecular flexibility index (Phi) is 6.39. The molecule has 0 radical (unpaired) electrons. The van der Waals surface area contributed by atoms with Gasteiger partial charge in [0, 0.05) is 13.7 Å². The van der Waals surface area contributed by atoms with Crippen LogP contribution in [0, 0.1) is 11.8 Å². The second-order valence-electron chi connectivity index (χ2n) is 4.07. The van der Waals surface area contributed by atoms with Crippen LogP contribution in [0.4, 0.5) is 0 Å². The van der Waals surface area contributed by atoms with Crippen LogP contribution in [0.1, 0.15) is 27.7 Å². The second-order valence-corrected chi connectivity index (χ2v) is 4.07. The molecule has 1 N–H and O–H groups in total. The van der Waals surface area contributed by atoms with Crippen LogP contribution in [0.5, 0.6) is 0 Å². The topological polar surface area (TPSA) is 21.3 Å². The molecule has 74 valence electrons. The summed E-state index contributed by atoms with van der Waals surface area (Å²) in [6, 6.07) is 0. The lowest BCUT2D eigenvalue weighted by atomic mass is 10.1. The summed E-state index contributed by atoms with van der Waals surface area (Å²) in [5.74, 6) is 1.31. The number of nitrogens with one attached hydrogen (secondary N) is 1. The molecule has 0 aromatic heterocycles. The summed E-state index contributed by atoms with van der Waals surface area (Å²) in [4.78, 5) is 0. The Hall–Kier alpha value is -0.0800. The first-order chi connectivity index (χ1) is 5.57. The molecular weight excluding hydrogens is 150 g/mol. The number of hydrogen-bond acceptors (Lipinski definition) is 2. The van der Waals surface area contributed by atoms with Crippen molar-refractivity contribution in [1.29, 1.82) is 0 Å². The van der Waals surface area contributed by atoms with Gasteiger partial charge in [0.2, 0.25) is 0 Å². The van der Waals surface area contributed by atoms with Gasteiger partial charge in [-0.1, -0.05) is 27.7 Å². The van der Waals surface area contributed by atoms with Crippen molar-refractivity contribution >= 4 is 0 Å². The maximum absolute atomic E-state index is 5.33. The molecule has 0 aliphatic carbocycles. The summed E-state index contributed by atoms with van der Waals surface area (Å²) < 4.78 is 5.33. The Morgan fingerprint density at radius 2 is 1.67 bits per heavy atom. The Labute approximate surface area is 76.7 Å². The smallest absolute Gasteiger partial charge is 0.0718 e. The number of ether oxygens (including phenoxy) is 1. The molecule has 0 rings (SSSR count). The van der Waals surface area contributed by atoms with Crippen molar-refractivity contribution in [3.05, 3.63) is 0 Å². The van der Waals surface area contributed by atoms with E-state index in [1.165, 1.54) is 0 Å². The van der Waals surface area contributed by atoms with E-state index in [0.29, 0.717) is 12.0 Å². The zero-order valence-electron chi connectivity index (χ0n) is 9.05. The van der Waals surface area contributed by atoms with E-state index >= 15 is 0 Å². The highest BCUT2D eigenvalue weighted by Crippen LogP contribution is 2.03. The molecule has 1 unspecified atom stereocenters. The van der Waals surface area contributed by atoms with E-state index < -0.39 is 0 Å². The largest absolute Gasteiger partial charge is 0.380 e. The Morgan fingerprint density at radius 1 is 1.08 bits per heavy atom. The van der Waals surface area contributed by atoms with Crippen LogP contribution in [0.15, 0.2) is 0 Å². The van der Waals surface area contributed by atoms with Gasteiger partial charge in [0.1, 0.15) is 0 Å². The predicted octanol–water partition coefficient (Wildman–Crippen LogP) is 1.90. The van der Waals surface area contributed by atoms with E-state index in [-0.39, 0.29) is 0 Å². The molecule has 0 aliphatic rings. The van der Waals surface area contributed by atoms with Crippen molar-refractivity contribution in [2.75, 3.05) is 20.2 Å². The summed E-state index contributed by atoms with van der Waals surface area (Å²) in [7, 11) is 1.78. The van der Waals surface area contributed by atoms with Gasteiger partial charge in [0.25, 0.3) is 0 Å². The first-order valence-electron chi connectivity index (χ1n) is 4.81. The molecular formula is C10H23NO. The Morgan fingerprint density at radius 3 is 2.00 bits per heavy atom. The second kappa shape index (κ2) is 6.44. The maximum atomic E-state index is 5.33. The Balaban J connectivity index is 3.45. The van der Waals surface area contributed by atoms with Gasteiger partial charge >= 0.3 is 0 Å². The third-order valence-electron chi connectivity index (χ3n) is 1.94. The average Bonchev–Trinajstić information content (AvgIpc) is 1.96. The molecule has 0 aliphatic heterocycles. The zero-order chi connectivity index (χ0) is 9.56. The van der Waals surface area contributed by atoms with E-state index in [2.05, 4.69) is 33.0 Å². The molecule has 0 aromatic rings. The van der Waals surface area contributed by atoms with E-state index in [1.807, 2.05) is 0 Å². The van der Waals surface area contributed by atoms with Crippen molar-refractivity contribution in [2.24, 2.45) is 11.8 Å². The highest BCUT2D eigenvalue weighted by Gasteiger charge is 2.10. The van der Waals surface area contributed by atoms with Crippen LogP contribution < -0.4 is 5.32 Å². The molecule has 0 aromatic carbocycles. The number of methoxy groups -OCH3 is 1. The average molecular weight is 173 g/mol. The number of rotatable bonds is 6. The van der Waals surface area contributed by atoms with E-state index in [9.17, 15) is 0 Å². The van der Waals surface area contributed by atoms with Crippen molar-refractivity contribution in [3.63, 3.8) is 0 Å². The summed E-state index contributed by atoms with van der Waals surface area (Å²) in [5, 5.41) is 3.39. The normalized spacial score (nSPS) is 14.2. The maximum Gasteiger partial charge on any atom is 0.0718 e. The zero-order valence-corrected chi connectivity index (χ0v) is 9.05. The Bertz CT molecular complexity index is 102. The van der Waals surface area contributed by atoms with E-state index in [1.54, 1.807) is 7.11 Å². The predicted molar refractivity (Wildman–Crippen MR) is 53.3 cm³/mol. The SMILES string of the molecule is COC(CNCC(C)C)C(C)C. The first-order valence-corrected chi connectivity index (χ1v) is 4.81. The van der Waals surface area contributed by atoms with Crippen LogP contribution in [0.3, 0.4) is 0 Å². The van der Waals surface area contributed by atoms with Gasteiger partial charge in [0.15, 0.2) is 0 Å². The lowest BCUT2D eigenvalue weighted by molar-refractivity contribution is 0.0644. The van der Waals surface area contributed by atoms with Crippen molar-refractivity contribution in [1.82, 2.24) is 5.32 Å². The van der Waals surface area contributed by atoms with Crippen molar-refractivity contribution in [2.45, 2.75) is 33.8 Å². The van der Waals surface area contributed by atoms with Crippen LogP contribution >= 0.6 is 0 Å². The molecule has 2 heteroatoms. The summed E-state index contributed by atoms with van der Waals surface area (Å²) in [6.07, 6.45) is 0.351. The van der Waals surface area contributed by atoms with Crippen LogP contribution in [0.25, 0.3) is 0 Å². The van der Waals surface area contributed by atoms with Crippen molar-refractivity contribution in [3.8, 4) is 0 Å². The number of hydrogen-bond donors (Lipinski definition) is 1. The minimum atomic E-state index is 0.351. The van der Waals surface area contributed by atoms with Gasteiger partial charge in [-0.05, 0) is 18.4 Å². The molecule has 0 amide bonds. The lowest BCUT2D eigenvalue weighted by Crippen LogP contribution is -2.34. The van der Waals surface area contributed by atoms with Gasteiger partial charge in [-0.15, -0.1) is 0 Å². The molecule has 2 nitrogen and oxygen atoms in total. The van der Waals surface area contributed by atoms with E-state index in [4.69, 9.17) is 4.74 Å². The fourth-order valence-corrected chi connectivity index (χ4v) is 1.11. The highest BCUT2D eigenvalue weighted by atomic mass is 16.5. The molecule has 1 atom stereocenters. The quantitative estimate of drug-likeness (QED) is 0.662. The molecule has 0 heterocycles. The molecule has 0 bridgehead atoms. The van der Waals surface area contributed by atoms with Gasteiger partial charge in [-0.25, -0.2) is 0 Å². The fraction of sp³-hybridized carbons (Fsp3) is 1.00. The lowest BCUT2D eigenvalue weighted by Gasteiger charge is -2.20.